The number of aliphatic imine (C=N–C) groups is 1. The summed E-state index contributed by atoms with van der Waals surface area (Å²) < 4.78 is 0. The lowest BCUT2D eigenvalue weighted by Crippen LogP contribution is -2.45. The molecule has 0 aliphatic heterocycles. The molecule has 0 aromatic rings. The molecule has 3 N–H and O–H groups in total. The molecule has 2 aliphatic rings. The molecule has 0 aromatic heterocycles. The molecule has 0 spiro atoms. The predicted octanol–water partition coefficient (Wildman–Crippen LogP) is 3.29. The van der Waals surface area contributed by atoms with Crippen molar-refractivity contribution in [2.24, 2.45) is 22.7 Å². The highest BCUT2D eigenvalue weighted by molar-refractivity contribution is 14.0. The van der Waals surface area contributed by atoms with Gasteiger partial charge in [0.05, 0.1) is 0 Å². The van der Waals surface area contributed by atoms with Crippen molar-refractivity contribution in [3.63, 3.8) is 0 Å². The van der Waals surface area contributed by atoms with Gasteiger partial charge in [0.2, 0.25) is 5.91 Å². The van der Waals surface area contributed by atoms with E-state index in [1.165, 1.54) is 32.1 Å². The summed E-state index contributed by atoms with van der Waals surface area (Å²) in [6.45, 7) is 6.26. The minimum Gasteiger partial charge on any atom is -0.356 e. The maximum atomic E-state index is 11.7. The van der Waals surface area contributed by atoms with Gasteiger partial charge < -0.3 is 16.0 Å². The Kier molecular flexibility index (Phi) is 10.8. The maximum absolute atomic E-state index is 11.7. The van der Waals surface area contributed by atoms with E-state index in [-0.39, 0.29) is 35.8 Å². The van der Waals surface area contributed by atoms with Gasteiger partial charge >= 0.3 is 0 Å². The zero-order valence-corrected chi connectivity index (χ0v) is 18.5. The largest absolute Gasteiger partial charge is 0.356 e. The topological polar surface area (TPSA) is 65.5 Å². The first kappa shape index (κ1) is 22.5. The van der Waals surface area contributed by atoms with Crippen LogP contribution in [0.15, 0.2) is 4.99 Å². The number of carbonyl (C=O) groups excluding carboxylic acids is 1. The van der Waals surface area contributed by atoms with E-state index in [1.807, 2.05) is 7.05 Å². The molecule has 5 nitrogen and oxygen atoms in total. The summed E-state index contributed by atoms with van der Waals surface area (Å²) in [4.78, 5) is 16.1. The summed E-state index contributed by atoms with van der Waals surface area (Å²) in [6, 6.07) is 0.546. The van der Waals surface area contributed by atoms with E-state index in [4.69, 9.17) is 0 Å². The number of guanidine groups is 1. The monoisotopic (exact) mass is 464 g/mol. The molecule has 2 rings (SSSR count). The third kappa shape index (κ3) is 7.71. The molecule has 6 heteroatoms. The van der Waals surface area contributed by atoms with E-state index in [0.29, 0.717) is 6.04 Å². The molecular weight excluding hydrogens is 427 g/mol. The van der Waals surface area contributed by atoms with Gasteiger partial charge in [-0.1, -0.05) is 20.3 Å². The molecule has 1 amide bonds. The van der Waals surface area contributed by atoms with Crippen LogP contribution in [0.2, 0.25) is 0 Å². The Morgan fingerprint density at radius 1 is 1.04 bits per heavy atom. The number of nitrogens with one attached hydrogen (secondary N) is 3. The average Bonchev–Trinajstić information content (AvgIpc) is 2.52. The van der Waals surface area contributed by atoms with Crippen LogP contribution in [0.3, 0.4) is 0 Å². The number of hydrogen-bond acceptors (Lipinski definition) is 2. The first-order valence-corrected chi connectivity index (χ1v) is 9.85. The lowest BCUT2D eigenvalue weighted by molar-refractivity contribution is -0.127. The van der Waals surface area contributed by atoms with E-state index in [2.05, 4.69) is 34.8 Å². The van der Waals surface area contributed by atoms with Crippen LogP contribution >= 0.6 is 24.0 Å². The number of rotatable bonds is 7. The smallest absolute Gasteiger partial charge is 0.223 e. The first-order chi connectivity index (χ1) is 11.6. The van der Waals surface area contributed by atoms with Crippen molar-refractivity contribution in [3.05, 3.63) is 0 Å². The fraction of sp³-hybridized carbons (Fsp3) is 0.895. The quantitative estimate of drug-likeness (QED) is 0.235. The van der Waals surface area contributed by atoms with Crippen molar-refractivity contribution < 1.29 is 4.79 Å². The van der Waals surface area contributed by atoms with E-state index >= 15 is 0 Å². The highest BCUT2D eigenvalue weighted by atomic mass is 127. The molecule has 2 saturated carbocycles. The van der Waals surface area contributed by atoms with Gasteiger partial charge in [0, 0.05) is 32.1 Å². The molecule has 25 heavy (non-hydrogen) atoms. The van der Waals surface area contributed by atoms with Gasteiger partial charge in [-0.05, 0) is 56.8 Å². The lowest BCUT2D eigenvalue weighted by atomic mass is 9.80. The Labute approximate surface area is 170 Å². The van der Waals surface area contributed by atoms with Gasteiger partial charge in [-0.25, -0.2) is 0 Å². The molecule has 146 valence electrons. The minimum absolute atomic E-state index is 0. The van der Waals surface area contributed by atoms with Crippen LogP contribution in [-0.2, 0) is 4.79 Å². The Bertz CT molecular complexity index is 416. The van der Waals surface area contributed by atoms with Gasteiger partial charge in [0.15, 0.2) is 5.96 Å². The van der Waals surface area contributed by atoms with Crippen LogP contribution in [-0.4, -0.2) is 38.0 Å². The molecule has 0 bridgehead atoms. The zero-order valence-electron chi connectivity index (χ0n) is 16.1. The van der Waals surface area contributed by atoms with Crippen LogP contribution in [0.4, 0.5) is 0 Å². The zero-order chi connectivity index (χ0) is 17.4. The lowest BCUT2D eigenvalue weighted by Gasteiger charge is -2.32. The molecule has 0 radical (unpaired) electrons. The Morgan fingerprint density at radius 2 is 1.68 bits per heavy atom. The third-order valence-electron chi connectivity index (χ3n) is 5.70. The Hall–Kier alpha value is -0.530. The third-order valence-corrected chi connectivity index (χ3v) is 5.70. The summed E-state index contributed by atoms with van der Waals surface area (Å²) in [6.07, 6.45) is 9.39. The highest BCUT2D eigenvalue weighted by Crippen LogP contribution is 2.29. The number of nitrogens with zero attached hydrogens (tertiary/aromatic N) is 1. The van der Waals surface area contributed by atoms with Crippen LogP contribution in [0.5, 0.6) is 0 Å². The van der Waals surface area contributed by atoms with Gasteiger partial charge in [-0.15, -0.1) is 24.0 Å². The molecule has 0 unspecified atom stereocenters. The molecule has 0 heterocycles. The summed E-state index contributed by atoms with van der Waals surface area (Å²) in [5.74, 6) is 3.11. The van der Waals surface area contributed by atoms with E-state index in [9.17, 15) is 4.79 Å². The van der Waals surface area contributed by atoms with Gasteiger partial charge in [-0.3, -0.25) is 9.79 Å². The van der Waals surface area contributed by atoms with Crippen molar-refractivity contribution in [2.45, 2.75) is 71.3 Å². The molecule has 0 saturated heterocycles. The summed E-state index contributed by atoms with van der Waals surface area (Å²) in [5.41, 5.74) is 0. The minimum atomic E-state index is 0. The normalized spacial score (nSPS) is 24.2. The second kappa shape index (κ2) is 12.0. The second-order valence-electron chi connectivity index (χ2n) is 7.77. The number of hydrogen-bond donors (Lipinski definition) is 3. The maximum Gasteiger partial charge on any atom is 0.223 e. The Balaban J connectivity index is 0.00000312. The predicted molar refractivity (Wildman–Crippen MR) is 115 cm³/mol. The Morgan fingerprint density at radius 3 is 2.20 bits per heavy atom. The van der Waals surface area contributed by atoms with Crippen molar-refractivity contribution in [1.82, 2.24) is 16.0 Å². The van der Waals surface area contributed by atoms with Crippen LogP contribution in [0, 0.1) is 17.8 Å². The van der Waals surface area contributed by atoms with E-state index in [1.54, 1.807) is 0 Å². The molecule has 0 aromatic carbocycles. The first-order valence-electron chi connectivity index (χ1n) is 9.85. The van der Waals surface area contributed by atoms with Gasteiger partial charge in [-0.2, -0.15) is 0 Å². The summed E-state index contributed by atoms with van der Waals surface area (Å²) in [5, 5.41) is 9.96. The number of halogens is 1. The van der Waals surface area contributed by atoms with Gasteiger partial charge in [0.25, 0.3) is 0 Å². The van der Waals surface area contributed by atoms with Crippen LogP contribution < -0.4 is 16.0 Å². The summed E-state index contributed by atoms with van der Waals surface area (Å²) >= 11 is 0. The fourth-order valence-corrected chi connectivity index (χ4v) is 3.64. The van der Waals surface area contributed by atoms with Crippen molar-refractivity contribution >= 4 is 35.8 Å². The average molecular weight is 464 g/mol. The van der Waals surface area contributed by atoms with Crippen LogP contribution in [0.25, 0.3) is 0 Å². The number of carbonyl (C=O) groups is 1. The highest BCUT2D eigenvalue weighted by Gasteiger charge is 2.25. The fourth-order valence-electron chi connectivity index (χ4n) is 3.64. The second-order valence-corrected chi connectivity index (χ2v) is 7.77. The van der Waals surface area contributed by atoms with Crippen molar-refractivity contribution in [2.75, 3.05) is 20.1 Å². The molecule has 2 aliphatic carbocycles. The number of amides is 1. The van der Waals surface area contributed by atoms with Crippen molar-refractivity contribution in [3.8, 4) is 0 Å². The van der Waals surface area contributed by atoms with Crippen molar-refractivity contribution in [1.29, 1.82) is 0 Å². The molecule has 2 fully saturated rings. The standard InChI is InChI=1S/C19H36N4O.HI/c1-14(2)15-8-10-17(11-9-15)23-19(20-3)22-13-5-12-21-18(24)16-6-4-7-16;/h14-17H,4-13H2,1-3H3,(H,21,24)(H2,20,22,23);1H. The van der Waals surface area contributed by atoms with E-state index < -0.39 is 0 Å². The summed E-state index contributed by atoms with van der Waals surface area (Å²) in [7, 11) is 1.83. The van der Waals surface area contributed by atoms with Gasteiger partial charge in [0.1, 0.15) is 0 Å². The van der Waals surface area contributed by atoms with Crippen LogP contribution in [0.1, 0.15) is 65.2 Å². The molecular formula is C19H37IN4O. The SMILES string of the molecule is CN=C(NCCCNC(=O)C1CCC1)NC1CCC(C(C)C)CC1.I. The molecule has 0 atom stereocenters. The van der Waals surface area contributed by atoms with E-state index in [0.717, 1.165) is 50.1 Å².